The molecule has 0 radical (unpaired) electrons. The lowest BCUT2D eigenvalue weighted by Crippen LogP contribution is -2.47. The molecule has 0 saturated carbocycles. The van der Waals surface area contributed by atoms with Gasteiger partial charge in [0, 0.05) is 13.1 Å². The third-order valence-corrected chi connectivity index (χ3v) is 4.33. The first kappa shape index (κ1) is 16.6. The molecule has 1 heterocycles. The first-order valence-electron chi connectivity index (χ1n) is 7.00. The van der Waals surface area contributed by atoms with Crippen molar-refractivity contribution in [1.82, 2.24) is 4.90 Å². The molecule has 1 aliphatic heterocycles. The quantitative estimate of drug-likeness (QED) is 0.793. The summed E-state index contributed by atoms with van der Waals surface area (Å²) in [4.78, 5) is 13.9. The number of esters is 1. The minimum Gasteiger partial charge on any atom is -0.465 e. The van der Waals surface area contributed by atoms with Crippen molar-refractivity contribution in [2.75, 3.05) is 26.3 Å². The van der Waals surface area contributed by atoms with Crippen molar-refractivity contribution in [1.29, 1.82) is 0 Å². The highest BCUT2D eigenvalue weighted by Gasteiger charge is 2.29. The van der Waals surface area contributed by atoms with E-state index in [2.05, 4.69) is 4.90 Å². The molecule has 21 heavy (non-hydrogen) atoms. The summed E-state index contributed by atoms with van der Waals surface area (Å²) < 4.78 is 10.9. The first-order chi connectivity index (χ1) is 10.0. The van der Waals surface area contributed by atoms with E-state index in [1.165, 1.54) is 0 Å². The van der Waals surface area contributed by atoms with E-state index in [1.54, 1.807) is 6.07 Å². The van der Waals surface area contributed by atoms with Gasteiger partial charge in [-0.05, 0) is 31.5 Å². The molecular formula is C15H19Cl2NO3. The third-order valence-electron chi connectivity index (χ3n) is 3.59. The molecule has 4 nitrogen and oxygen atoms in total. The maximum Gasteiger partial charge on any atom is 0.323 e. The van der Waals surface area contributed by atoms with Crippen LogP contribution in [0, 0.1) is 0 Å². The van der Waals surface area contributed by atoms with Gasteiger partial charge >= 0.3 is 5.97 Å². The Morgan fingerprint density at radius 2 is 2.24 bits per heavy atom. The van der Waals surface area contributed by atoms with Crippen LogP contribution in [0.4, 0.5) is 0 Å². The number of benzene rings is 1. The number of rotatable bonds is 4. The molecule has 2 unspecified atom stereocenters. The van der Waals surface area contributed by atoms with Crippen LogP contribution in [-0.4, -0.2) is 43.2 Å². The molecule has 1 aromatic carbocycles. The van der Waals surface area contributed by atoms with Crippen molar-refractivity contribution >= 4 is 29.2 Å². The zero-order valence-corrected chi connectivity index (χ0v) is 13.7. The van der Waals surface area contributed by atoms with E-state index >= 15 is 0 Å². The van der Waals surface area contributed by atoms with E-state index in [0.717, 1.165) is 5.56 Å². The molecule has 1 aliphatic rings. The Labute approximate surface area is 134 Å². The highest BCUT2D eigenvalue weighted by molar-refractivity contribution is 6.42. The molecule has 1 aromatic rings. The van der Waals surface area contributed by atoms with Gasteiger partial charge in [0.1, 0.15) is 6.04 Å². The summed E-state index contributed by atoms with van der Waals surface area (Å²) in [5.74, 6) is -0.202. The molecule has 6 heteroatoms. The Bertz CT molecular complexity index is 510. The third kappa shape index (κ3) is 4.10. The fourth-order valence-electron chi connectivity index (χ4n) is 2.35. The lowest BCUT2D eigenvalue weighted by molar-refractivity contribution is -0.152. The Balaban J connectivity index is 2.06. The molecule has 0 amide bonds. The SMILES string of the molecule is CCOC(=O)C(C)N1CCOC(c2ccc(Cl)c(Cl)c2)C1. The summed E-state index contributed by atoms with van der Waals surface area (Å²) >= 11 is 12.0. The predicted molar refractivity (Wildman–Crippen MR) is 82.8 cm³/mol. The van der Waals surface area contributed by atoms with Gasteiger partial charge in [-0.1, -0.05) is 29.3 Å². The summed E-state index contributed by atoms with van der Waals surface area (Å²) in [6.07, 6.45) is -0.120. The minimum absolute atomic E-state index is 0.120. The smallest absolute Gasteiger partial charge is 0.323 e. The molecule has 1 saturated heterocycles. The van der Waals surface area contributed by atoms with Crippen LogP contribution in [0.5, 0.6) is 0 Å². The van der Waals surface area contributed by atoms with E-state index < -0.39 is 0 Å². The van der Waals surface area contributed by atoms with Crippen molar-refractivity contribution in [2.45, 2.75) is 26.0 Å². The highest BCUT2D eigenvalue weighted by Crippen LogP contribution is 2.29. The molecule has 116 valence electrons. The van der Waals surface area contributed by atoms with Crippen LogP contribution < -0.4 is 0 Å². The van der Waals surface area contributed by atoms with Crippen LogP contribution in [-0.2, 0) is 14.3 Å². The second kappa shape index (κ2) is 7.45. The van der Waals surface area contributed by atoms with E-state index in [1.807, 2.05) is 26.0 Å². The van der Waals surface area contributed by atoms with E-state index in [0.29, 0.717) is 36.3 Å². The van der Waals surface area contributed by atoms with Crippen LogP contribution >= 0.6 is 23.2 Å². The number of hydrogen-bond acceptors (Lipinski definition) is 4. The minimum atomic E-state index is -0.279. The van der Waals surface area contributed by atoms with E-state index in [-0.39, 0.29) is 18.1 Å². The van der Waals surface area contributed by atoms with Gasteiger partial charge in [0.05, 0.1) is 29.4 Å². The lowest BCUT2D eigenvalue weighted by Gasteiger charge is -2.36. The van der Waals surface area contributed by atoms with Crippen LogP contribution in [0.3, 0.4) is 0 Å². The fraction of sp³-hybridized carbons (Fsp3) is 0.533. The van der Waals surface area contributed by atoms with E-state index in [9.17, 15) is 4.79 Å². The first-order valence-corrected chi connectivity index (χ1v) is 7.75. The molecule has 0 spiro atoms. The van der Waals surface area contributed by atoms with Crippen LogP contribution in [0.15, 0.2) is 18.2 Å². The zero-order valence-electron chi connectivity index (χ0n) is 12.1. The number of nitrogens with zero attached hydrogens (tertiary/aromatic N) is 1. The second-order valence-corrected chi connectivity index (χ2v) is 5.77. The molecule has 0 aromatic heterocycles. The molecule has 2 atom stereocenters. The Morgan fingerprint density at radius 3 is 2.90 bits per heavy atom. The molecule has 1 fully saturated rings. The summed E-state index contributed by atoms with van der Waals surface area (Å²) in [5.41, 5.74) is 0.963. The van der Waals surface area contributed by atoms with Crippen molar-refractivity contribution in [3.63, 3.8) is 0 Å². The van der Waals surface area contributed by atoms with Crippen LogP contribution in [0.25, 0.3) is 0 Å². The van der Waals surface area contributed by atoms with Gasteiger partial charge in [0.15, 0.2) is 0 Å². The summed E-state index contributed by atoms with van der Waals surface area (Å²) in [5, 5.41) is 1.03. The number of carbonyl (C=O) groups is 1. The van der Waals surface area contributed by atoms with Crippen molar-refractivity contribution in [2.24, 2.45) is 0 Å². The van der Waals surface area contributed by atoms with Crippen LogP contribution in [0.2, 0.25) is 10.0 Å². The maximum atomic E-state index is 11.8. The Hall–Kier alpha value is -0.810. The number of hydrogen-bond donors (Lipinski definition) is 0. The van der Waals surface area contributed by atoms with Crippen molar-refractivity contribution in [3.05, 3.63) is 33.8 Å². The molecule has 2 rings (SSSR count). The van der Waals surface area contributed by atoms with Crippen LogP contribution in [0.1, 0.15) is 25.5 Å². The number of carbonyl (C=O) groups excluding carboxylic acids is 1. The summed E-state index contributed by atoms with van der Waals surface area (Å²) in [6.45, 7) is 5.95. The normalized spacial score (nSPS) is 21.0. The molecule has 0 bridgehead atoms. The van der Waals surface area contributed by atoms with Gasteiger partial charge in [0.25, 0.3) is 0 Å². The number of ether oxygens (including phenoxy) is 2. The van der Waals surface area contributed by atoms with Gasteiger partial charge in [-0.15, -0.1) is 0 Å². The number of halogens is 2. The highest BCUT2D eigenvalue weighted by atomic mass is 35.5. The van der Waals surface area contributed by atoms with Gasteiger partial charge < -0.3 is 9.47 Å². The largest absolute Gasteiger partial charge is 0.465 e. The average Bonchev–Trinajstić information content (AvgIpc) is 2.49. The predicted octanol–water partition coefficient (Wildman–Crippen LogP) is 3.32. The lowest BCUT2D eigenvalue weighted by atomic mass is 10.1. The second-order valence-electron chi connectivity index (χ2n) is 4.96. The van der Waals surface area contributed by atoms with Gasteiger partial charge in [0.2, 0.25) is 0 Å². The molecular weight excluding hydrogens is 313 g/mol. The Morgan fingerprint density at radius 1 is 1.48 bits per heavy atom. The topological polar surface area (TPSA) is 38.8 Å². The average molecular weight is 332 g/mol. The standard InChI is InChI=1S/C15H19Cl2NO3/c1-3-20-15(19)10(2)18-6-7-21-14(9-18)11-4-5-12(16)13(17)8-11/h4-5,8,10,14H,3,6-7,9H2,1-2H3. The zero-order chi connectivity index (χ0) is 15.4. The van der Waals surface area contributed by atoms with E-state index in [4.69, 9.17) is 32.7 Å². The summed E-state index contributed by atoms with van der Waals surface area (Å²) in [6, 6.07) is 5.19. The Kier molecular flexibility index (Phi) is 5.88. The van der Waals surface area contributed by atoms with Gasteiger partial charge in [-0.25, -0.2) is 0 Å². The maximum absolute atomic E-state index is 11.8. The summed E-state index contributed by atoms with van der Waals surface area (Å²) in [7, 11) is 0. The monoisotopic (exact) mass is 331 g/mol. The van der Waals surface area contributed by atoms with Gasteiger partial charge in [-0.3, -0.25) is 9.69 Å². The fourth-order valence-corrected chi connectivity index (χ4v) is 2.65. The van der Waals surface area contributed by atoms with Gasteiger partial charge in [-0.2, -0.15) is 0 Å². The number of morpholine rings is 1. The molecule has 0 aliphatic carbocycles. The van der Waals surface area contributed by atoms with Crippen molar-refractivity contribution in [3.8, 4) is 0 Å². The molecule has 0 N–H and O–H groups in total. The van der Waals surface area contributed by atoms with Crippen molar-refractivity contribution < 1.29 is 14.3 Å².